The van der Waals surface area contributed by atoms with Crippen molar-refractivity contribution in [2.45, 2.75) is 82.1 Å². The molecular weight excluding hydrogens is 562 g/mol. The van der Waals surface area contributed by atoms with Gasteiger partial charge in [0.15, 0.2) is 0 Å². The van der Waals surface area contributed by atoms with Crippen molar-refractivity contribution in [2.75, 3.05) is 26.2 Å². The van der Waals surface area contributed by atoms with Crippen molar-refractivity contribution in [2.24, 2.45) is 5.92 Å². The lowest BCUT2D eigenvalue weighted by molar-refractivity contribution is -0.156. The summed E-state index contributed by atoms with van der Waals surface area (Å²) in [5.74, 6) is -1.36. The van der Waals surface area contributed by atoms with Crippen molar-refractivity contribution in [1.29, 1.82) is 0 Å². The lowest BCUT2D eigenvalue weighted by Gasteiger charge is -2.36. The number of rotatable bonds is 12. The minimum atomic E-state index is -1.53. The van der Waals surface area contributed by atoms with Gasteiger partial charge in [-0.2, -0.15) is 0 Å². The van der Waals surface area contributed by atoms with E-state index in [4.69, 9.17) is 9.47 Å². The Kier molecular flexibility index (Phi) is 9.83. The number of carboxylic acids is 1. The number of para-hydroxylation sites is 2. The van der Waals surface area contributed by atoms with Crippen molar-refractivity contribution in [3.05, 3.63) is 49.2 Å². The number of ether oxygens (including phenoxy) is 2. The summed E-state index contributed by atoms with van der Waals surface area (Å²) in [6, 6.07) is 6.22. The average Bonchev–Trinajstić information content (AvgIpc) is 3.79. The molecular formula is C33H43N5O6. The zero-order chi connectivity index (χ0) is 31.3. The van der Waals surface area contributed by atoms with Gasteiger partial charge in [-0.1, -0.05) is 37.6 Å². The van der Waals surface area contributed by atoms with Crippen LogP contribution in [0.3, 0.4) is 0 Å². The van der Waals surface area contributed by atoms with Crippen LogP contribution in [-0.4, -0.2) is 92.8 Å². The summed E-state index contributed by atoms with van der Waals surface area (Å²) in [6.45, 7) is 10.7. The summed E-state index contributed by atoms with van der Waals surface area (Å²) in [4.78, 5) is 52.6. The van der Waals surface area contributed by atoms with Crippen LogP contribution in [0.5, 0.6) is 5.88 Å². The van der Waals surface area contributed by atoms with Crippen LogP contribution in [0.4, 0.5) is 4.79 Å². The van der Waals surface area contributed by atoms with Crippen molar-refractivity contribution in [1.82, 2.24) is 25.1 Å². The lowest BCUT2D eigenvalue weighted by atomic mass is 9.93. The first-order chi connectivity index (χ1) is 21.2. The van der Waals surface area contributed by atoms with Gasteiger partial charge in [0.05, 0.1) is 23.7 Å². The quantitative estimate of drug-likeness (QED) is 0.268. The maximum atomic E-state index is 14.3. The van der Waals surface area contributed by atoms with Gasteiger partial charge in [0.1, 0.15) is 23.4 Å². The Morgan fingerprint density at radius 3 is 2.52 bits per heavy atom. The first-order valence-corrected chi connectivity index (χ1v) is 15.6. The van der Waals surface area contributed by atoms with Crippen LogP contribution in [0.25, 0.3) is 17.1 Å². The molecule has 1 saturated carbocycles. The molecule has 3 heterocycles. The van der Waals surface area contributed by atoms with Crippen molar-refractivity contribution < 1.29 is 29.0 Å². The van der Waals surface area contributed by atoms with Crippen molar-refractivity contribution in [3.63, 3.8) is 0 Å². The molecule has 3 aliphatic rings. The number of amides is 3. The van der Waals surface area contributed by atoms with Gasteiger partial charge in [0, 0.05) is 26.1 Å². The number of likely N-dealkylation sites (tertiary alicyclic amines) is 2. The average molecular weight is 606 g/mol. The number of carbonyl (C=O) groups is 3. The summed E-state index contributed by atoms with van der Waals surface area (Å²) >= 11 is 0. The molecule has 0 spiro atoms. The van der Waals surface area contributed by atoms with Gasteiger partial charge in [-0.05, 0) is 63.2 Å². The van der Waals surface area contributed by atoms with Gasteiger partial charge in [0.2, 0.25) is 11.8 Å². The van der Waals surface area contributed by atoms with E-state index < -0.39 is 29.6 Å². The third kappa shape index (κ3) is 6.72. The summed E-state index contributed by atoms with van der Waals surface area (Å²) in [6.07, 6.45) is 8.77. The van der Waals surface area contributed by atoms with E-state index in [9.17, 15) is 19.5 Å². The second kappa shape index (κ2) is 13.8. The first kappa shape index (κ1) is 31.4. The zero-order valence-electron chi connectivity index (χ0n) is 25.5. The van der Waals surface area contributed by atoms with E-state index in [0.29, 0.717) is 36.4 Å². The van der Waals surface area contributed by atoms with Crippen molar-refractivity contribution >= 4 is 35.0 Å². The molecule has 3 fully saturated rings. The fourth-order valence-electron chi connectivity index (χ4n) is 6.60. The van der Waals surface area contributed by atoms with E-state index in [1.165, 1.54) is 4.90 Å². The summed E-state index contributed by atoms with van der Waals surface area (Å²) in [5, 5.41) is 13.4. The van der Waals surface area contributed by atoms with Crippen LogP contribution in [0.1, 0.15) is 64.0 Å². The Bertz CT molecular complexity index is 1390. The number of benzene rings is 1. The Morgan fingerprint density at radius 2 is 1.84 bits per heavy atom. The standard InChI is InChI=1S/C33H43N5O6/c1-4-6-11-18-43-23-16-17-37(20-23)32(42)36-28(22-12-7-8-13-22)30(39)38-21-24(19-33(38,3)31(40)41)44-29-25(5-2)34-26-14-9-10-15-27(26)35-29/h4-5,9-10,14-15,22-24,28H,1-2,6-8,11-13,16-21H2,3H3,(H,36,42)(H,40,41)/t23-,24+,28-,33-/m0/s1. The molecule has 11 nitrogen and oxygen atoms in total. The van der Waals surface area contributed by atoms with E-state index in [1.54, 1.807) is 17.9 Å². The SMILES string of the molecule is C=CCCCO[C@H]1CCN(C(=O)N[C@H](C(=O)N2C[C@H](Oc3nc4ccccc4nc3C=C)C[C@@]2(C)C(=O)O)C2CCCC2)C1. The molecule has 1 aromatic carbocycles. The lowest BCUT2D eigenvalue weighted by Crippen LogP contribution is -2.60. The van der Waals surface area contributed by atoms with E-state index in [0.717, 1.165) is 44.9 Å². The van der Waals surface area contributed by atoms with Gasteiger partial charge < -0.3 is 29.7 Å². The highest BCUT2D eigenvalue weighted by atomic mass is 16.5. The van der Waals surface area contributed by atoms with Crippen LogP contribution in [0.2, 0.25) is 0 Å². The maximum Gasteiger partial charge on any atom is 0.329 e. The number of fused-ring (bicyclic) bond motifs is 1. The number of hydrogen-bond acceptors (Lipinski definition) is 7. The number of aliphatic carboxylic acids is 1. The van der Waals surface area contributed by atoms with Crippen LogP contribution in [-0.2, 0) is 14.3 Å². The molecule has 5 rings (SSSR count). The molecule has 4 atom stereocenters. The predicted octanol–water partition coefficient (Wildman–Crippen LogP) is 4.42. The number of carbonyl (C=O) groups excluding carboxylic acids is 2. The molecule has 0 unspecified atom stereocenters. The largest absolute Gasteiger partial charge is 0.480 e. The Hall–Kier alpha value is -3.99. The molecule has 0 radical (unpaired) electrons. The molecule has 44 heavy (non-hydrogen) atoms. The first-order valence-electron chi connectivity index (χ1n) is 15.6. The third-order valence-corrected chi connectivity index (χ3v) is 9.12. The number of urea groups is 1. The minimum Gasteiger partial charge on any atom is -0.480 e. The van der Waals surface area contributed by atoms with Gasteiger partial charge in [-0.25, -0.2) is 19.6 Å². The second-order valence-corrected chi connectivity index (χ2v) is 12.2. The van der Waals surface area contributed by atoms with Crippen LogP contribution in [0, 0.1) is 5.92 Å². The maximum absolute atomic E-state index is 14.3. The Morgan fingerprint density at radius 1 is 1.11 bits per heavy atom. The number of carboxylic acid groups (broad SMARTS) is 1. The van der Waals surface area contributed by atoms with Gasteiger partial charge in [-0.15, -0.1) is 6.58 Å². The van der Waals surface area contributed by atoms with Crippen LogP contribution in [0.15, 0.2) is 43.5 Å². The fourth-order valence-corrected chi connectivity index (χ4v) is 6.60. The number of nitrogens with zero attached hydrogens (tertiary/aromatic N) is 4. The highest BCUT2D eigenvalue weighted by molar-refractivity contribution is 5.92. The molecule has 0 bridgehead atoms. The normalized spacial score (nSPS) is 24.4. The highest BCUT2D eigenvalue weighted by Crippen LogP contribution is 2.36. The zero-order valence-corrected chi connectivity index (χ0v) is 25.5. The van der Waals surface area contributed by atoms with Crippen LogP contribution < -0.4 is 10.1 Å². The molecule has 11 heteroatoms. The van der Waals surface area contributed by atoms with E-state index in [-0.39, 0.29) is 36.9 Å². The van der Waals surface area contributed by atoms with Crippen LogP contribution >= 0.6 is 0 Å². The molecule has 236 valence electrons. The summed E-state index contributed by atoms with van der Waals surface area (Å²) in [7, 11) is 0. The summed E-state index contributed by atoms with van der Waals surface area (Å²) < 4.78 is 12.2. The van der Waals surface area contributed by atoms with Gasteiger partial charge >= 0.3 is 12.0 Å². The Labute approximate surface area is 258 Å². The molecule has 2 saturated heterocycles. The highest BCUT2D eigenvalue weighted by Gasteiger charge is 2.53. The third-order valence-electron chi connectivity index (χ3n) is 9.12. The number of hydrogen-bond donors (Lipinski definition) is 2. The Balaban J connectivity index is 1.31. The number of allylic oxidation sites excluding steroid dienone is 1. The predicted molar refractivity (Wildman–Crippen MR) is 166 cm³/mol. The van der Waals surface area contributed by atoms with Crippen molar-refractivity contribution in [3.8, 4) is 5.88 Å². The molecule has 2 aliphatic heterocycles. The molecule has 2 aromatic rings. The molecule has 1 aromatic heterocycles. The minimum absolute atomic E-state index is 0.0378. The smallest absolute Gasteiger partial charge is 0.329 e. The number of aromatic nitrogens is 2. The van der Waals surface area contributed by atoms with Gasteiger partial charge in [-0.3, -0.25) is 4.79 Å². The number of nitrogens with one attached hydrogen (secondary N) is 1. The number of unbranched alkanes of at least 4 members (excludes halogenated alkanes) is 1. The van der Waals surface area contributed by atoms with E-state index in [1.807, 2.05) is 30.3 Å². The molecule has 2 N–H and O–H groups in total. The molecule has 1 aliphatic carbocycles. The van der Waals surface area contributed by atoms with E-state index >= 15 is 0 Å². The second-order valence-electron chi connectivity index (χ2n) is 12.2. The topological polar surface area (TPSA) is 134 Å². The van der Waals surface area contributed by atoms with Gasteiger partial charge in [0.25, 0.3) is 0 Å². The summed E-state index contributed by atoms with van der Waals surface area (Å²) in [5.41, 5.74) is 0.234. The van der Waals surface area contributed by atoms with E-state index in [2.05, 4.69) is 28.4 Å². The fraction of sp³-hybridized carbons (Fsp3) is 0.545. The molecule has 3 amide bonds. The monoisotopic (exact) mass is 605 g/mol.